The summed E-state index contributed by atoms with van der Waals surface area (Å²) < 4.78 is 51.5. The number of hydrogen-bond donors (Lipinski definition) is 1. The zero-order valence-electron chi connectivity index (χ0n) is 18.0. The number of halogens is 3. The van der Waals surface area contributed by atoms with Gasteiger partial charge in [0, 0.05) is 22.4 Å². The lowest BCUT2D eigenvalue weighted by Crippen LogP contribution is -2.71. The predicted molar refractivity (Wildman–Crippen MR) is 101 cm³/mol. The molecule has 0 unspecified atom stereocenters. The molecule has 2 aromatic rings. The number of alkyl halides is 3. The van der Waals surface area contributed by atoms with E-state index in [9.17, 15) is 18.0 Å². The molecule has 0 aliphatic heterocycles. The van der Waals surface area contributed by atoms with Crippen LogP contribution in [0.1, 0.15) is 54.3 Å². The number of aromatic nitrogens is 4. The molecule has 30 heavy (non-hydrogen) atoms. The minimum atomic E-state index is -4.70. The maximum absolute atomic E-state index is 13.1. The highest BCUT2D eigenvalue weighted by Crippen LogP contribution is 2.57. The summed E-state index contributed by atoms with van der Waals surface area (Å²) in [6.45, 7) is 13.0. The molecule has 3 rings (SSSR count). The largest absolute Gasteiger partial charge is 0.472 e. The predicted octanol–water partition coefficient (Wildman–Crippen LogP) is 3.85. The molecular formula is C19H26F3N5O3. The van der Waals surface area contributed by atoms with Crippen LogP contribution < -0.4 is 10.1 Å². The number of carbonyl (C=O) groups is 1. The van der Waals surface area contributed by atoms with Crippen molar-refractivity contribution in [3.63, 3.8) is 0 Å². The number of nitrogens with zero attached hydrogens (tertiary/aromatic N) is 4. The van der Waals surface area contributed by atoms with Crippen LogP contribution in [0, 0.1) is 10.8 Å². The number of hydrogen-bond acceptors (Lipinski definition) is 6. The van der Waals surface area contributed by atoms with E-state index in [0.29, 0.717) is 4.52 Å². The highest BCUT2D eigenvalue weighted by atomic mass is 19.4. The molecule has 0 bridgehead atoms. The first kappa shape index (κ1) is 22.1. The maximum Gasteiger partial charge on any atom is 0.453 e. The fraction of sp³-hybridized carbons (Fsp3) is 0.684. The van der Waals surface area contributed by atoms with Gasteiger partial charge >= 0.3 is 12.3 Å². The van der Waals surface area contributed by atoms with E-state index in [1.54, 1.807) is 0 Å². The monoisotopic (exact) mass is 429 g/mol. The molecule has 1 amide bonds. The zero-order chi connectivity index (χ0) is 22.7. The molecule has 1 aliphatic rings. The van der Waals surface area contributed by atoms with E-state index in [1.807, 2.05) is 48.5 Å². The average Bonchev–Trinajstić information content (AvgIpc) is 2.99. The van der Waals surface area contributed by atoms with Gasteiger partial charge in [-0.05, 0) is 26.8 Å². The van der Waals surface area contributed by atoms with Crippen LogP contribution >= 0.6 is 0 Å². The van der Waals surface area contributed by atoms with Crippen molar-refractivity contribution in [2.24, 2.45) is 10.8 Å². The van der Waals surface area contributed by atoms with E-state index < -0.39 is 46.7 Å². The van der Waals surface area contributed by atoms with Crippen LogP contribution in [0.5, 0.6) is 5.88 Å². The van der Waals surface area contributed by atoms with Crippen molar-refractivity contribution in [2.75, 3.05) is 0 Å². The minimum absolute atomic E-state index is 0.00320. The van der Waals surface area contributed by atoms with Gasteiger partial charge in [-0.15, -0.1) is 15.3 Å². The van der Waals surface area contributed by atoms with Crippen LogP contribution in [0.3, 0.4) is 0 Å². The molecule has 1 fully saturated rings. The molecule has 0 saturated heterocycles. The molecule has 0 atom stereocenters. The van der Waals surface area contributed by atoms with E-state index in [0.717, 1.165) is 0 Å². The van der Waals surface area contributed by atoms with E-state index in [-0.39, 0.29) is 11.5 Å². The summed E-state index contributed by atoms with van der Waals surface area (Å²) in [7, 11) is 0. The third-order valence-corrected chi connectivity index (χ3v) is 5.14. The van der Waals surface area contributed by atoms with Gasteiger partial charge in [0.1, 0.15) is 12.2 Å². The van der Waals surface area contributed by atoms with Gasteiger partial charge in [0.05, 0.1) is 0 Å². The minimum Gasteiger partial charge on any atom is -0.472 e. The summed E-state index contributed by atoms with van der Waals surface area (Å²) >= 11 is 0. The van der Waals surface area contributed by atoms with Gasteiger partial charge in [-0.3, -0.25) is 0 Å². The second-order valence-electron chi connectivity index (χ2n) is 9.76. The van der Waals surface area contributed by atoms with Crippen molar-refractivity contribution in [1.29, 1.82) is 0 Å². The number of rotatable bonds is 3. The van der Waals surface area contributed by atoms with Gasteiger partial charge in [0.25, 0.3) is 5.82 Å². The fourth-order valence-electron chi connectivity index (χ4n) is 4.28. The third-order valence-electron chi connectivity index (χ3n) is 5.14. The number of ether oxygens (including phenoxy) is 2. The molecule has 1 saturated carbocycles. The fourth-order valence-corrected chi connectivity index (χ4v) is 4.28. The Morgan fingerprint density at radius 1 is 1.07 bits per heavy atom. The SMILES string of the molecule is CC(C)(C)NC(=O)OC1C(C)(C)C(Oc2ccc3nnc(C(F)(F)F)n3n2)C1(C)C. The Labute approximate surface area is 172 Å². The van der Waals surface area contributed by atoms with Crippen molar-refractivity contribution in [3.05, 3.63) is 18.0 Å². The molecule has 2 aromatic heterocycles. The number of alkyl carbamates (subject to hydrolysis) is 1. The highest BCUT2D eigenvalue weighted by molar-refractivity contribution is 5.68. The highest BCUT2D eigenvalue weighted by Gasteiger charge is 2.66. The van der Waals surface area contributed by atoms with Crippen molar-refractivity contribution in [2.45, 2.75) is 72.4 Å². The standard InChI is InChI=1S/C19H26F3N5O3/c1-16(2,3)23-15(28)30-13-17(4,5)12(18(13,6)7)29-11-9-8-10-24-25-14(19(20,21)22)27(10)26-11/h8-9,12-13H,1-7H3,(H,23,28). The maximum atomic E-state index is 13.1. The molecule has 1 aliphatic carbocycles. The first-order chi connectivity index (χ1) is 13.5. The summed E-state index contributed by atoms with van der Waals surface area (Å²) in [5.74, 6) is -1.23. The van der Waals surface area contributed by atoms with Crippen LogP contribution in [-0.2, 0) is 10.9 Å². The summed E-state index contributed by atoms with van der Waals surface area (Å²) in [6.07, 6.45) is -6.17. The van der Waals surface area contributed by atoms with Crippen molar-refractivity contribution in [1.82, 2.24) is 25.1 Å². The first-order valence-corrected chi connectivity index (χ1v) is 9.48. The number of carbonyl (C=O) groups excluding carboxylic acids is 1. The Balaban J connectivity index is 1.81. The average molecular weight is 429 g/mol. The van der Waals surface area contributed by atoms with Gasteiger partial charge in [-0.2, -0.15) is 17.7 Å². The van der Waals surface area contributed by atoms with Crippen LogP contribution in [0.2, 0.25) is 0 Å². The van der Waals surface area contributed by atoms with Gasteiger partial charge < -0.3 is 14.8 Å². The van der Waals surface area contributed by atoms with Crippen LogP contribution in [0.25, 0.3) is 5.65 Å². The second kappa shape index (κ2) is 6.71. The van der Waals surface area contributed by atoms with Gasteiger partial charge in [-0.25, -0.2) is 4.79 Å². The zero-order valence-corrected chi connectivity index (χ0v) is 18.0. The van der Waals surface area contributed by atoms with Gasteiger partial charge in [0.15, 0.2) is 5.65 Å². The third kappa shape index (κ3) is 3.89. The smallest absolute Gasteiger partial charge is 0.453 e. The number of nitrogens with one attached hydrogen (secondary N) is 1. The number of fused-ring (bicyclic) bond motifs is 1. The lowest BCUT2D eigenvalue weighted by molar-refractivity contribution is -0.236. The van der Waals surface area contributed by atoms with Crippen LogP contribution in [-0.4, -0.2) is 43.7 Å². The molecule has 8 nitrogen and oxygen atoms in total. The van der Waals surface area contributed by atoms with E-state index in [1.165, 1.54) is 12.1 Å². The topological polar surface area (TPSA) is 90.6 Å². The van der Waals surface area contributed by atoms with E-state index >= 15 is 0 Å². The molecule has 11 heteroatoms. The Bertz CT molecular complexity index is 946. The molecular weight excluding hydrogens is 403 g/mol. The van der Waals surface area contributed by atoms with E-state index in [4.69, 9.17) is 9.47 Å². The normalized spacial score (nSPS) is 23.0. The Kier molecular flexibility index (Phi) is 4.94. The van der Waals surface area contributed by atoms with Crippen molar-refractivity contribution >= 4 is 11.7 Å². The molecule has 1 N–H and O–H groups in total. The molecule has 0 spiro atoms. The molecule has 0 radical (unpaired) electrons. The van der Waals surface area contributed by atoms with Crippen LogP contribution in [0.15, 0.2) is 12.1 Å². The molecule has 2 heterocycles. The number of amides is 1. The second-order valence-corrected chi connectivity index (χ2v) is 9.76. The Morgan fingerprint density at radius 3 is 2.20 bits per heavy atom. The van der Waals surface area contributed by atoms with Gasteiger partial charge in [0.2, 0.25) is 5.88 Å². The summed E-state index contributed by atoms with van der Waals surface area (Å²) in [6, 6.07) is 2.80. The quantitative estimate of drug-likeness (QED) is 0.797. The Hall–Kier alpha value is -2.59. The lowest BCUT2D eigenvalue weighted by atomic mass is 9.51. The summed E-state index contributed by atoms with van der Waals surface area (Å²) in [4.78, 5) is 12.2. The van der Waals surface area contributed by atoms with Gasteiger partial charge in [-0.1, -0.05) is 27.7 Å². The van der Waals surface area contributed by atoms with Crippen LogP contribution in [0.4, 0.5) is 18.0 Å². The Morgan fingerprint density at radius 2 is 1.67 bits per heavy atom. The van der Waals surface area contributed by atoms with E-state index in [2.05, 4.69) is 20.6 Å². The first-order valence-electron chi connectivity index (χ1n) is 9.48. The summed E-state index contributed by atoms with van der Waals surface area (Å²) in [5.41, 5.74) is -1.69. The lowest BCUT2D eigenvalue weighted by Gasteiger charge is -2.61. The molecule has 0 aromatic carbocycles. The summed E-state index contributed by atoms with van der Waals surface area (Å²) in [5, 5.41) is 13.3. The molecule has 166 valence electrons. The van der Waals surface area contributed by atoms with Crippen molar-refractivity contribution in [3.8, 4) is 5.88 Å². The van der Waals surface area contributed by atoms with Crippen molar-refractivity contribution < 1.29 is 27.4 Å².